The number of rotatable bonds is 6. The Labute approximate surface area is 112 Å². The topological polar surface area (TPSA) is 59.8 Å². The summed E-state index contributed by atoms with van der Waals surface area (Å²) < 4.78 is 1.64. The van der Waals surface area contributed by atoms with Crippen LogP contribution in [0.5, 0.6) is 0 Å². The van der Waals surface area contributed by atoms with Crippen LogP contribution in [0.15, 0.2) is 36.9 Å². The van der Waals surface area contributed by atoms with Crippen molar-refractivity contribution in [3.63, 3.8) is 0 Å². The predicted octanol–water partition coefficient (Wildman–Crippen LogP) is 2.79. The summed E-state index contributed by atoms with van der Waals surface area (Å²) in [6, 6.07) is 7.57. The van der Waals surface area contributed by atoms with E-state index in [-0.39, 0.29) is 5.91 Å². The predicted molar refractivity (Wildman–Crippen MR) is 74.1 cm³/mol. The summed E-state index contributed by atoms with van der Waals surface area (Å²) >= 11 is 0. The molecule has 0 fully saturated rings. The Bertz CT molecular complexity index is 522. The van der Waals surface area contributed by atoms with Crippen LogP contribution in [0.4, 0.5) is 5.69 Å². The number of carbonyl (C=O) groups excluding carboxylic acids is 1. The Balaban J connectivity index is 2.06. The first-order chi connectivity index (χ1) is 9.31. The molecule has 19 heavy (non-hydrogen) atoms. The minimum atomic E-state index is 0.0426. The fraction of sp³-hybridized carbons (Fsp3) is 0.357. The summed E-state index contributed by atoms with van der Waals surface area (Å²) in [5.74, 6) is 0.0426. The third-order valence-electron chi connectivity index (χ3n) is 2.85. The highest BCUT2D eigenvalue weighted by molar-refractivity contribution is 5.92. The fourth-order valence-corrected chi connectivity index (χ4v) is 1.86. The fourth-order valence-electron chi connectivity index (χ4n) is 1.86. The van der Waals surface area contributed by atoms with Crippen molar-refractivity contribution in [2.75, 3.05) is 5.32 Å². The molecule has 0 saturated carbocycles. The Morgan fingerprint density at radius 3 is 2.89 bits per heavy atom. The van der Waals surface area contributed by atoms with E-state index < -0.39 is 0 Å². The molecule has 0 atom stereocenters. The molecule has 0 spiro atoms. The first kappa shape index (κ1) is 13.3. The largest absolute Gasteiger partial charge is 0.324 e. The highest BCUT2D eigenvalue weighted by atomic mass is 16.1. The number of nitrogens with zero attached hydrogens (tertiary/aromatic N) is 3. The van der Waals surface area contributed by atoms with Crippen molar-refractivity contribution in [3.8, 4) is 5.69 Å². The maximum absolute atomic E-state index is 11.9. The molecule has 1 aromatic carbocycles. The molecule has 1 aromatic heterocycles. The Kier molecular flexibility index (Phi) is 4.66. The zero-order valence-electron chi connectivity index (χ0n) is 11.0. The molecule has 1 amide bonds. The van der Waals surface area contributed by atoms with E-state index in [4.69, 9.17) is 0 Å². The number of aromatic nitrogens is 3. The summed E-state index contributed by atoms with van der Waals surface area (Å²) in [6.07, 6.45) is 6.76. The number of hydrogen-bond acceptors (Lipinski definition) is 3. The first-order valence-electron chi connectivity index (χ1n) is 6.55. The van der Waals surface area contributed by atoms with Gasteiger partial charge in [-0.05, 0) is 18.6 Å². The number of para-hydroxylation sites is 2. The maximum atomic E-state index is 11.9. The molecule has 2 aromatic rings. The second kappa shape index (κ2) is 6.68. The van der Waals surface area contributed by atoms with Gasteiger partial charge in [-0.15, -0.1) is 0 Å². The monoisotopic (exact) mass is 258 g/mol. The molecule has 0 radical (unpaired) electrons. The van der Waals surface area contributed by atoms with E-state index in [0.29, 0.717) is 6.42 Å². The number of amides is 1. The summed E-state index contributed by atoms with van der Waals surface area (Å²) in [5, 5.41) is 7.01. The van der Waals surface area contributed by atoms with Gasteiger partial charge in [0.05, 0.1) is 11.4 Å². The van der Waals surface area contributed by atoms with Gasteiger partial charge in [-0.3, -0.25) is 4.79 Å². The van der Waals surface area contributed by atoms with Crippen molar-refractivity contribution >= 4 is 11.6 Å². The Hall–Kier alpha value is -2.17. The molecule has 0 saturated heterocycles. The lowest BCUT2D eigenvalue weighted by molar-refractivity contribution is -0.116. The van der Waals surface area contributed by atoms with E-state index in [2.05, 4.69) is 22.3 Å². The average molecular weight is 258 g/mol. The van der Waals surface area contributed by atoms with Crippen LogP contribution in [-0.2, 0) is 4.79 Å². The number of anilines is 1. The van der Waals surface area contributed by atoms with E-state index in [1.54, 1.807) is 11.0 Å². The van der Waals surface area contributed by atoms with Crippen molar-refractivity contribution < 1.29 is 4.79 Å². The molecule has 0 aliphatic carbocycles. The number of nitrogens with one attached hydrogen (secondary N) is 1. The van der Waals surface area contributed by atoms with E-state index in [9.17, 15) is 4.79 Å². The summed E-state index contributed by atoms with van der Waals surface area (Å²) in [7, 11) is 0. The van der Waals surface area contributed by atoms with Gasteiger partial charge in [0.2, 0.25) is 5.91 Å². The van der Waals surface area contributed by atoms with Crippen molar-refractivity contribution in [1.82, 2.24) is 14.8 Å². The normalized spacial score (nSPS) is 10.4. The standard InChI is InChI=1S/C14H18N4O/c1-2-3-4-9-14(19)17-12-7-5-6-8-13(12)18-11-15-10-16-18/h5-8,10-11H,2-4,9H2,1H3,(H,17,19). The molecule has 5 nitrogen and oxygen atoms in total. The lowest BCUT2D eigenvalue weighted by Crippen LogP contribution is -2.13. The van der Waals surface area contributed by atoms with Crippen LogP contribution in [0.1, 0.15) is 32.6 Å². The van der Waals surface area contributed by atoms with Gasteiger partial charge < -0.3 is 5.32 Å². The van der Waals surface area contributed by atoms with Crippen LogP contribution in [0.3, 0.4) is 0 Å². The summed E-state index contributed by atoms with van der Waals surface area (Å²) in [5.41, 5.74) is 1.58. The van der Waals surface area contributed by atoms with Crippen LogP contribution in [-0.4, -0.2) is 20.7 Å². The van der Waals surface area contributed by atoms with Gasteiger partial charge in [0.25, 0.3) is 0 Å². The first-order valence-corrected chi connectivity index (χ1v) is 6.55. The van der Waals surface area contributed by atoms with Crippen LogP contribution in [0.2, 0.25) is 0 Å². The molecule has 0 bridgehead atoms. The van der Waals surface area contributed by atoms with Crippen LogP contribution >= 0.6 is 0 Å². The number of carbonyl (C=O) groups is 1. The molecule has 5 heteroatoms. The Morgan fingerprint density at radius 2 is 2.16 bits per heavy atom. The van der Waals surface area contributed by atoms with E-state index in [1.165, 1.54) is 6.33 Å². The maximum Gasteiger partial charge on any atom is 0.224 e. The zero-order chi connectivity index (χ0) is 13.5. The third-order valence-corrected chi connectivity index (χ3v) is 2.85. The van der Waals surface area contributed by atoms with Crippen molar-refractivity contribution in [3.05, 3.63) is 36.9 Å². The number of benzene rings is 1. The molecule has 100 valence electrons. The molecule has 1 heterocycles. The second-order valence-corrected chi connectivity index (χ2v) is 4.36. The van der Waals surface area contributed by atoms with Gasteiger partial charge in [0.1, 0.15) is 12.7 Å². The molecule has 0 aliphatic heterocycles. The van der Waals surface area contributed by atoms with Gasteiger partial charge >= 0.3 is 0 Å². The van der Waals surface area contributed by atoms with Gasteiger partial charge in [-0.2, -0.15) is 5.10 Å². The highest BCUT2D eigenvalue weighted by Gasteiger charge is 2.08. The second-order valence-electron chi connectivity index (χ2n) is 4.36. The van der Waals surface area contributed by atoms with Crippen LogP contribution in [0, 0.1) is 0 Å². The lowest BCUT2D eigenvalue weighted by atomic mass is 10.2. The van der Waals surface area contributed by atoms with Gasteiger partial charge in [-0.1, -0.05) is 31.9 Å². The van der Waals surface area contributed by atoms with E-state index in [1.807, 2.05) is 24.3 Å². The number of hydrogen-bond donors (Lipinski definition) is 1. The summed E-state index contributed by atoms with van der Waals surface area (Å²) in [6.45, 7) is 2.12. The van der Waals surface area contributed by atoms with Gasteiger partial charge in [-0.25, -0.2) is 9.67 Å². The average Bonchev–Trinajstić information content (AvgIpc) is 2.93. The molecule has 1 N–H and O–H groups in total. The van der Waals surface area contributed by atoms with Crippen molar-refractivity contribution in [2.45, 2.75) is 32.6 Å². The third kappa shape index (κ3) is 3.64. The minimum Gasteiger partial charge on any atom is -0.324 e. The van der Waals surface area contributed by atoms with Crippen molar-refractivity contribution in [1.29, 1.82) is 0 Å². The molecule has 0 aliphatic rings. The van der Waals surface area contributed by atoms with E-state index in [0.717, 1.165) is 30.6 Å². The van der Waals surface area contributed by atoms with Crippen molar-refractivity contribution in [2.24, 2.45) is 0 Å². The van der Waals surface area contributed by atoms with E-state index >= 15 is 0 Å². The summed E-state index contributed by atoms with van der Waals surface area (Å²) in [4.78, 5) is 15.8. The molecular formula is C14H18N4O. The van der Waals surface area contributed by atoms with Gasteiger partial charge in [0, 0.05) is 6.42 Å². The van der Waals surface area contributed by atoms with Gasteiger partial charge in [0.15, 0.2) is 0 Å². The zero-order valence-corrected chi connectivity index (χ0v) is 11.0. The number of unbranched alkanes of at least 4 members (excludes halogenated alkanes) is 2. The molecule has 0 unspecified atom stereocenters. The SMILES string of the molecule is CCCCCC(=O)Nc1ccccc1-n1cncn1. The quantitative estimate of drug-likeness (QED) is 0.810. The molecule has 2 rings (SSSR count). The highest BCUT2D eigenvalue weighted by Crippen LogP contribution is 2.19. The smallest absolute Gasteiger partial charge is 0.224 e. The molecular weight excluding hydrogens is 240 g/mol. The van der Waals surface area contributed by atoms with Crippen LogP contribution in [0.25, 0.3) is 5.69 Å². The lowest BCUT2D eigenvalue weighted by Gasteiger charge is -2.10. The minimum absolute atomic E-state index is 0.0426. The Morgan fingerprint density at radius 1 is 1.32 bits per heavy atom. The van der Waals surface area contributed by atoms with Crippen LogP contribution < -0.4 is 5.32 Å².